The molecule has 1 atom stereocenters. The number of ether oxygens (including phenoxy) is 1. The quantitative estimate of drug-likeness (QED) is 0.313. The Morgan fingerprint density at radius 1 is 1.24 bits per heavy atom. The van der Waals surface area contributed by atoms with Crippen LogP contribution in [0, 0.1) is 5.92 Å². The Kier molecular flexibility index (Phi) is 10.6. The van der Waals surface area contributed by atoms with Gasteiger partial charge in [-0.25, -0.2) is 0 Å². The fourth-order valence-electron chi connectivity index (χ4n) is 3.38. The summed E-state index contributed by atoms with van der Waals surface area (Å²) in [5.74, 6) is 0.851. The lowest BCUT2D eigenvalue weighted by atomic mass is 9.98. The second-order valence-corrected chi connectivity index (χ2v) is 7.84. The van der Waals surface area contributed by atoms with E-state index in [1.165, 1.54) is 32.1 Å². The van der Waals surface area contributed by atoms with Crippen LogP contribution in [0.1, 0.15) is 64.4 Å². The van der Waals surface area contributed by atoms with Gasteiger partial charge in [-0.1, -0.05) is 45.2 Å². The van der Waals surface area contributed by atoms with Crippen LogP contribution in [0.2, 0.25) is 0 Å². The predicted molar refractivity (Wildman–Crippen MR) is 120 cm³/mol. The number of amides is 1. The maximum Gasteiger partial charge on any atom is 0.227 e. The van der Waals surface area contributed by atoms with Crippen LogP contribution in [0.3, 0.4) is 0 Å². The van der Waals surface area contributed by atoms with E-state index in [2.05, 4.69) is 20.9 Å². The first-order chi connectivity index (χ1) is 14.1. The molecule has 2 rings (SSSR count). The predicted octanol–water partition coefficient (Wildman–Crippen LogP) is 4.08. The average molecular weight is 403 g/mol. The molecule has 29 heavy (non-hydrogen) atoms. The number of nitrogens with one attached hydrogen (secondary N) is 3. The molecule has 1 aromatic carbocycles. The fourth-order valence-corrected chi connectivity index (χ4v) is 3.38. The lowest BCUT2D eigenvalue weighted by molar-refractivity contribution is -0.119. The smallest absolute Gasteiger partial charge is 0.227 e. The summed E-state index contributed by atoms with van der Waals surface area (Å²) >= 11 is 0. The van der Waals surface area contributed by atoms with E-state index in [4.69, 9.17) is 4.74 Å². The number of nitrogens with zero attached hydrogens (tertiary/aromatic N) is 1. The van der Waals surface area contributed by atoms with Crippen molar-refractivity contribution >= 4 is 17.6 Å². The van der Waals surface area contributed by atoms with Gasteiger partial charge in [0.15, 0.2) is 5.96 Å². The maximum atomic E-state index is 12.1. The minimum absolute atomic E-state index is 0.0156. The van der Waals surface area contributed by atoms with Gasteiger partial charge in [-0.15, -0.1) is 0 Å². The number of carbonyl (C=O) groups excluding carboxylic acids is 1. The molecule has 3 N–H and O–H groups in total. The van der Waals surface area contributed by atoms with Crippen LogP contribution in [0.4, 0.5) is 5.69 Å². The zero-order valence-corrected chi connectivity index (χ0v) is 18.3. The van der Waals surface area contributed by atoms with Crippen LogP contribution in [0.15, 0.2) is 29.3 Å². The van der Waals surface area contributed by atoms with Crippen LogP contribution < -0.4 is 16.0 Å². The molecule has 1 aromatic rings. The molecule has 0 heterocycles. The zero-order chi connectivity index (χ0) is 20.9. The Bertz CT molecular complexity index is 642. The normalized spacial score (nSPS) is 16.3. The lowest BCUT2D eigenvalue weighted by Crippen LogP contribution is -2.37. The number of anilines is 1. The van der Waals surface area contributed by atoms with Crippen molar-refractivity contribution in [1.29, 1.82) is 0 Å². The minimum Gasteiger partial charge on any atom is -0.378 e. The number of aliphatic imine (C=N–C) groups is 1. The summed E-state index contributed by atoms with van der Waals surface area (Å²) in [5.41, 5.74) is 1.92. The molecule has 162 valence electrons. The number of carbonyl (C=O) groups is 1. The molecule has 0 aromatic heterocycles. The standard InChI is InChI=1S/C23H38N4O2/c1-4-18(2)22(28)27-20-11-8-10-19(16-20)17-26-23(24-3)25-14-9-15-29-21-12-6-5-7-13-21/h8,10-11,16,18,21H,4-7,9,12-15,17H2,1-3H3,(H,27,28)(H2,24,25,26). The summed E-state index contributed by atoms with van der Waals surface area (Å²) in [6.45, 7) is 6.23. The van der Waals surface area contributed by atoms with Crippen LogP contribution in [-0.2, 0) is 16.1 Å². The van der Waals surface area contributed by atoms with E-state index in [1.54, 1.807) is 7.05 Å². The van der Waals surface area contributed by atoms with E-state index in [9.17, 15) is 4.79 Å². The second kappa shape index (κ2) is 13.2. The van der Waals surface area contributed by atoms with Gasteiger partial charge in [0.1, 0.15) is 0 Å². The maximum absolute atomic E-state index is 12.1. The molecule has 1 fully saturated rings. The molecule has 0 spiro atoms. The lowest BCUT2D eigenvalue weighted by Gasteiger charge is -2.22. The molecule has 6 nitrogen and oxygen atoms in total. The number of rotatable bonds is 10. The summed E-state index contributed by atoms with van der Waals surface area (Å²) in [6, 6.07) is 7.92. The number of guanidine groups is 1. The van der Waals surface area contributed by atoms with Gasteiger partial charge in [0, 0.05) is 38.3 Å². The largest absolute Gasteiger partial charge is 0.378 e. The third-order valence-electron chi connectivity index (χ3n) is 5.46. The Labute approximate surface area is 175 Å². The van der Waals surface area contributed by atoms with Gasteiger partial charge in [-0.05, 0) is 43.4 Å². The van der Waals surface area contributed by atoms with Gasteiger partial charge >= 0.3 is 0 Å². The molecular weight excluding hydrogens is 364 g/mol. The van der Waals surface area contributed by atoms with Crippen LogP contribution in [0.25, 0.3) is 0 Å². The van der Waals surface area contributed by atoms with Gasteiger partial charge in [-0.3, -0.25) is 9.79 Å². The van der Waals surface area contributed by atoms with E-state index >= 15 is 0 Å². The first-order valence-electron chi connectivity index (χ1n) is 11.1. The van der Waals surface area contributed by atoms with Crippen molar-refractivity contribution in [3.05, 3.63) is 29.8 Å². The molecule has 6 heteroatoms. The van der Waals surface area contributed by atoms with Gasteiger partial charge in [0.2, 0.25) is 5.91 Å². The second-order valence-electron chi connectivity index (χ2n) is 7.84. The monoisotopic (exact) mass is 402 g/mol. The van der Waals surface area contributed by atoms with Gasteiger partial charge in [-0.2, -0.15) is 0 Å². The Hall–Kier alpha value is -2.08. The first-order valence-corrected chi connectivity index (χ1v) is 11.1. The molecule has 1 saturated carbocycles. The van der Waals surface area contributed by atoms with Crippen LogP contribution in [0.5, 0.6) is 0 Å². The van der Waals surface area contributed by atoms with Crippen molar-refractivity contribution in [3.63, 3.8) is 0 Å². The van der Waals surface area contributed by atoms with Crippen molar-refractivity contribution in [2.45, 2.75) is 71.4 Å². The average Bonchev–Trinajstić information content (AvgIpc) is 2.76. The molecule has 1 amide bonds. The Morgan fingerprint density at radius 2 is 2.03 bits per heavy atom. The highest BCUT2D eigenvalue weighted by atomic mass is 16.5. The first kappa shape index (κ1) is 23.2. The number of hydrogen-bond donors (Lipinski definition) is 3. The molecule has 0 saturated heterocycles. The number of hydrogen-bond acceptors (Lipinski definition) is 3. The molecule has 1 aliphatic carbocycles. The highest BCUT2D eigenvalue weighted by molar-refractivity contribution is 5.92. The van der Waals surface area contributed by atoms with Crippen molar-refractivity contribution in [3.8, 4) is 0 Å². The van der Waals surface area contributed by atoms with Crippen molar-refractivity contribution < 1.29 is 9.53 Å². The van der Waals surface area contributed by atoms with E-state index in [0.29, 0.717) is 12.6 Å². The van der Waals surface area contributed by atoms with Crippen molar-refractivity contribution in [2.75, 3.05) is 25.5 Å². The summed E-state index contributed by atoms with van der Waals surface area (Å²) in [4.78, 5) is 16.4. The summed E-state index contributed by atoms with van der Waals surface area (Å²) in [5, 5.41) is 9.65. The van der Waals surface area contributed by atoms with Crippen LogP contribution >= 0.6 is 0 Å². The van der Waals surface area contributed by atoms with Gasteiger partial charge in [0.05, 0.1) is 6.10 Å². The molecular formula is C23H38N4O2. The molecule has 1 unspecified atom stereocenters. The summed E-state index contributed by atoms with van der Waals surface area (Å²) < 4.78 is 5.96. The van der Waals surface area contributed by atoms with Crippen molar-refractivity contribution in [1.82, 2.24) is 10.6 Å². The van der Waals surface area contributed by atoms with Crippen molar-refractivity contribution in [2.24, 2.45) is 10.9 Å². The SMILES string of the molecule is CCC(C)C(=O)Nc1cccc(CNC(=NC)NCCCOC2CCCCC2)c1. The fraction of sp³-hybridized carbons (Fsp3) is 0.652. The third-order valence-corrected chi connectivity index (χ3v) is 5.46. The van der Waals surface area contributed by atoms with Crippen LogP contribution in [-0.4, -0.2) is 38.2 Å². The third kappa shape index (κ3) is 8.86. The van der Waals surface area contributed by atoms with Gasteiger partial charge in [0.25, 0.3) is 0 Å². The summed E-state index contributed by atoms with van der Waals surface area (Å²) in [6.07, 6.45) is 8.67. The van der Waals surface area contributed by atoms with E-state index in [-0.39, 0.29) is 11.8 Å². The topological polar surface area (TPSA) is 74.8 Å². The summed E-state index contributed by atoms with van der Waals surface area (Å²) in [7, 11) is 1.77. The van der Waals surface area contributed by atoms with Gasteiger partial charge < -0.3 is 20.7 Å². The zero-order valence-electron chi connectivity index (χ0n) is 18.3. The molecule has 1 aliphatic rings. The number of benzene rings is 1. The van der Waals surface area contributed by atoms with E-state index in [1.807, 2.05) is 38.1 Å². The molecule has 0 aliphatic heterocycles. The highest BCUT2D eigenvalue weighted by Gasteiger charge is 2.13. The minimum atomic E-state index is 0.0156. The molecule has 0 radical (unpaired) electrons. The molecule has 0 bridgehead atoms. The Morgan fingerprint density at radius 3 is 2.76 bits per heavy atom. The Balaban J connectivity index is 1.67. The van der Waals surface area contributed by atoms with E-state index in [0.717, 1.165) is 43.2 Å². The highest BCUT2D eigenvalue weighted by Crippen LogP contribution is 2.20. The van der Waals surface area contributed by atoms with E-state index < -0.39 is 0 Å².